The van der Waals surface area contributed by atoms with Crippen LogP contribution in [0.2, 0.25) is 5.02 Å². The van der Waals surface area contributed by atoms with Crippen LogP contribution in [0, 0.1) is 0 Å². The summed E-state index contributed by atoms with van der Waals surface area (Å²) in [4.78, 5) is 14.9. The van der Waals surface area contributed by atoms with Crippen LogP contribution in [0.1, 0.15) is 0 Å². The van der Waals surface area contributed by atoms with Gasteiger partial charge in [0.05, 0.1) is 11.7 Å². The van der Waals surface area contributed by atoms with Gasteiger partial charge in [-0.2, -0.15) is 5.10 Å². The van der Waals surface area contributed by atoms with Gasteiger partial charge in [0, 0.05) is 26.9 Å². The molecule has 0 amide bonds. The third-order valence-electron chi connectivity index (χ3n) is 3.77. The molecule has 4 N–H and O–H groups in total. The van der Waals surface area contributed by atoms with Crippen molar-refractivity contribution in [3.63, 3.8) is 0 Å². The fourth-order valence-electron chi connectivity index (χ4n) is 2.76. The lowest BCUT2D eigenvalue weighted by Crippen LogP contribution is -2.13. The fraction of sp³-hybridized carbons (Fsp3) is 0. The van der Waals surface area contributed by atoms with Crippen molar-refractivity contribution in [1.82, 2.24) is 15.2 Å². The highest BCUT2D eigenvalue weighted by Crippen LogP contribution is 2.36. The molecule has 108 valence electrons. The third kappa shape index (κ3) is 1.79. The van der Waals surface area contributed by atoms with Crippen molar-refractivity contribution in [3.05, 3.63) is 58.0 Å². The summed E-state index contributed by atoms with van der Waals surface area (Å²) in [5.74, 6) is 0. The minimum absolute atomic E-state index is 0.170. The van der Waals surface area contributed by atoms with Crippen molar-refractivity contribution >= 4 is 39.1 Å². The van der Waals surface area contributed by atoms with Gasteiger partial charge in [0.1, 0.15) is 5.69 Å². The molecular formula is C16H11ClN4O. The summed E-state index contributed by atoms with van der Waals surface area (Å²) in [6.07, 6.45) is 1.72. The molecular weight excluding hydrogens is 300 g/mol. The third-order valence-corrected chi connectivity index (χ3v) is 4.00. The van der Waals surface area contributed by atoms with Crippen LogP contribution in [0.25, 0.3) is 32.9 Å². The second kappa shape index (κ2) is 4.61. The van der Waals surface area contributed by atoms with Gasteiger partial charge in [0.2, 0.25) is 0 Å². The number of hydrogen-bond acceptors (Lipinski definition) is 3. The van der Waals surface area contributed by atoms with Crippen molar-refractivity contribution in [2.45, 2.75) is 0 Å². The molecule has 0 saturated heterocycles. The summed E-state index contributed by atoms with van der Waals surface area (Å²) < 4.78 is 0. The number of anilines is 1. The van der Waals surface area contributed by atoms with Gasteiger partial charge in [-0.1, -0.05) is 23.7 Å². The quantitative estimate of drug-likeness (QED) is 0.504. The number of nitrogens with zero attached hydrogens (tertiary/aromatic N) is 1. The Bertz CT molecular complexity index is 1080. The van der Waals surface area contributed by atoms with Gasteiger partial charge in [-0.05, 0) is 29.8 Å². The molecule has 2 heterocycles. The first-order chi connectivity index (χ1) is 10.6. The van der Waals surface area contributed by atoms with E-state index in [-0.39, 0.29) is 11.2 Å². The van der Waals surface area contributed by atoms with Crippen LogP contribution in [-0.4, -0.2) is 15.2 Å². The van der Waals surface area contributed by atoms with Crippen molar-refractivity contribution < 1.29 is 0 Å². The molecule has 6 heteroatoms. The van der Waals surface area contributed by atoms with Crippen LogP contribution < -0.4 is 11.3 Å². The largest absolute Gasteiger partial charge is 0.394 e. The Morgan fingerprint density at radius 3 is 2.82 bits per heavy atom. The molecule has 0 aliphatic carbocycles. The van der Waals surface area contributed by atoms with Crippen molar-refractivity contribution in [3.8, 4) is 11.1 Å². The highest BCUT2D eigenvalue weighted by atomic mass is 35.5. The minimum atomic E-state index is -0.315. The molecule has 0 atom stereocenters. The molecule has 0 saturated carbocycles. The van der Waals surface area contributed by atoms with Crippen LogP contribution in [0.4, 0.5) is 5.69 Å². The second-order valence-electron chi connectivity index (χ2n) is 5.07. The molecule has 2 aromatic carbocycles. The van der Waals surface area contributed by atoms with Crippen LogP contribution in [-0.2, 0) is 0 Å². The first kappa shape index (κ1) is 12.9. The number of nitrogen functional groups attached to an aromatic ring is 1. The Kier molecular flexibility index (Phi) is 2.71. The SMILES string of the molecule is Nc1c(-c2cccc3[nH]ncc23)c2cc(Cl)ccc2[nH]c1=O. The molecule has 22 heavy (non-hydrogen) atoms. The molecule has 0 aliphatic rings. The van der Waals surface area contributed by atoms with E-state index >= 15 is 0 Å². The summed E-state index contributed by atoms with van der Waals surface area (Å²) >= 11 is 6.12. The molecule has 0 unspecified atom stereocenters. The zero-order valence-corrected chi connectivity index (χ0v) is 12.1. The number of rotatable bonds is 1. The van der Waals surface area contributed by atoms with E-state index in [0.29, 0.717) is 16.1 Å². The molecule has 4 rings (SSSR count). The van der Waals surface area contributed by atoms with E-state index in [1.807, 2.05) is 18.2 Å². The van der Waals surface area contributed by atoms with Crippen LogP contribution in [0.5, 0.6) is 0 Å². The van der Waals surface area contributed by atoms with Gasteiger partial charge in [-0.15, -0.1) is 0 Å². The van der Waals surface area contributed by atoms with Crippen LogP contribution >= 0.6 is 11.6 Å². The van der Waals surface area contributed by atoms with Gasteiger partial charge >= 0.3 is 0 Å². The smallest absolute Gasteiger partial charge is 0.272 e. The average Bonchev–Trinajstić information content (AvgIpc) is 2.98. The maximum absolute atomic E-state index is 12.1. The number of aromatic amines is 2. The molecule has 0 fully saturated rings. The normalized spacial score (nSPS) is 11.3. The molecule has 5 nitrogen and oxygen atoms in total. The highest BCUT2D eigenvalue weighted by Gasteiger charge is 2.15. The first-order valence-corrected chi connectivity index (χ1v) is 7.06. The summed E-state index contributed by atoms with van der Waals surface area (Å²) in [5, 5.41) is 9.27. The standard InChI is InChI=1S/C16H11ClN4O/c17-8-4-5-12-10(6-8)14(15(18)16(22)20-12)9-2-1-3-13-11(9)7-19-21-13/h1-7H,18H2,(H,19,21)(H,20,22). The number of fused-ring (bicyclic) bond motifs is 2. The zero-order chi connectivity index (χ0) is 15.3. The lowest BCUT2D eigenvalue weighted by molar-refractivity contribution is 1.12. The van der Waals surface area contributed by atoms with Gasteiger partial charge in [-0.25, -0.2) is 0 Å². The van der Waals surface area contributed by atoms with E-state index in [4.69, 9.17) is 17.3 Å². The maximum atomic E-state index is 12.1. The van der Waals surface area contributed by atoms with E-state index in [1.54, 1.807) is 24.4 Å². The van der Waals surface area contributed by atoms with Gasteiger partial charge in [0.25, 0.3) is 5.56 Å². The molecule has 0 spiro atoms. The Morgan fingerprint density at radius 1 is 1.09 bits per heavy atom. The number of halogens is 1. The maximum Gasteiger partial charge on any atom is 0.272 e. The van der Waals surface area contributed by atoms with Gasteiger partial charge in [0.15, 0.2) is 0 Å². The summed E-state index contributed by atoms with van der Waals surface area (Å²) in [6, 6.07) is 11.0. The van der Waals surface area contributed by atoms with Crippen molar-refractivity contribution in [2.24, 2.45) is 0 Å². The van der Waals surface area contributed by atoms with Gasteiger partial charge < -0.3 is 10.7 Å². The highest BCUT2D eigenvalue weighted by molar-refractivity contribution is 6.31. The molecule has 2 aromatic heterocycles. The predicted octanol–water partition coefficient (Wildman–Crippen LogP) is 3.31. The Morgan fingerprint density at radius 2 is 1.95 bits per heavy atom. The first-order valence-electron chi connectivity index (χ1n) is 6.68. The van der Waals surface area contributed by atoms with Crippen molar-refractivity contribution in [1.29, 1.82) is 0 Å². The minimum Gasteiger partial charge on any atom is -0.394 e. The molecule has 0 bridgehead atoms. The lowest BCUT2D eigenvalue weighted by Gasteiger charge is -2.11. The summed E-state index contributed by atoms with van der Waals surface area (Å²) in [7, 11) is 0. The number of hydrogen-bond donors (Lipinski definition) is 3. The zero-order valence-electron chi connectivity index (χ0n) is 11.4. The topological polar surface area (TPSA) is 87.6 Å². The molecule has 0 radical (unpaired) electrons. The number of nitrogens with one attached hydrogen (secondary N) is 2. The average molecular weight is 311 g/mol. The number of aromatic nitrogens is 3. The van der Waals surface area contributed by atoms with E-state index in [9.17, 15) is 4.79 Å². The van der Waals surface area contributed by atoms with E-state index < -0.39 is 0 Å². The second-order valence-corrected chi connectivity index (χ2v) is 5.51. The summed E-state index contributed by atoms with van der Waals surface area (Å²) in [6.45, 7) is 0. The number of benzene rings is 2. The lowest BCUT2D eigenvalue weighted by atomic mass is 9.97. The number of pyridine rings is 1. The van der Waals surface area contributed by atoms with E-state index in [0.717, 1.165) is 21.9 Å². The number of nitrogens with two attached hydrogens (primary N) is 1. The Labute approximate surface area is 129 Å². The monoisotopic (exact) mass is 310 g/mol. The van der Waals surface area contributed by atoms with Crippen LogP contribution in [0.15, 0.2) is 47.4 Å². The van der Waals surface area contributed by atoms with Crippen LogP contribution in [0.3, 0.4) is 0 Å². The number of H-pyrrole nitrogens is 2. The van der Waals surface area contributed by atoms with Crippen molar-refractivity contribution in [2.75, 3.05) is 5.73 Å². The fourth-order valence-corrected chi connectivity index (χ4v) is 2.93. The molecule has 4 aromatic rings. The van der Waals surface area contributed by atoms with E-state index in [2.05, 4.69) is 15.2 Å². The van der Waals surface area contributed by atoms with Gasteiger partial charge in [-0.3, -0.25) is 9.89 Å². The molecule has 0 aliphatic heterocycles. The summed E-state index contributed by atoms with van der Waals surface area (Å²) in [5.41, 5.74) is 9.03. The van der Waals surface area contributed by atoms with E-state index in [1.165, 1.54) is 0 Å². The Balaban J connectivity index is 2.22. The Hall–Kier alpha value is -2.79. The predicted molar refractivity (Wildman–Crippen MR) is 89.1 cm³/mol.